The van der Waals surface area contributed by atoms with Gasteiger partial charge in [-0.15, -0.1) is 0 Å². The van der Waals surface area contributed by atoms with E-state index in [1.165, 1.54) is 41.4 Å². The molecule has 0 bridgehead atoms. The van der Waals surface area contributed by atoms with Crippen molar-refractivity contribution < 1.29 is 18.7 Å². The Hall–Kier alpha value is -3.86. The number of fused-ring (bicyclic) bond motifs is 1. The van der Waals surface area contributed by atoms with E-state index in [1.54, 1.807) is 24.4 Å². The lowest BCUT2D eigenvalue weighted by molar-refractivity contribution is -0.148. The lowest BCUT2D eigenvalue weighted by atomic mass is 9.72. The molecule has 5 rings (SSSR count). The van der Waals surface area contributed by atoms with Crippen molar-refractivity contribution in [2.45, 2.75) is 25.0 Å². The van der Waals surface area contributed by atoms with Crippen LogP contribution < -0.4 is 10.1 Å². The maximum absolute atomic E-state index is 15.2. The maximum atomic E-state index is 15.2. The first-order valence-corrected chi connectivity index (χ1v) is 10.4. The van der Waals surface area contributed by atoms with Crippen LogP contribution in [0, 0.1) is 17.1 Å². The van der Waals surface area contributed by atoms with Gasteiger partial charge in [0.15, 0.2) is 11.8 Å². The summed E-state index contributed by atoms with van der Waals surface area (Å²) in [5, 5.41) is 15.3. The average molecular weight is 451 g/mol. The number of benzene rings is 1. The molecule has 0 spiro atoms. The predicted molar refractivity (Wildman–Crippen MR) is 114 cm³/mol. The molecule has 170 valence electrons. The van der Waals surface area contributed by atoms with Crippen LogP contribution in [-0.4, -0.2) is 56.3 Å². The molecule has 0 unspecified atom stereocenters. The van der Waals surface area contributed by atoms with E-state index in [9.17, 15) is 4.79 Å². The van der Waals surface area contributed by atoms with Crippen molar-refractivity contribution in [2.75, 3.05) is 13.7 Å². The molecule has 0 aliphatic carbocycles. The second-order valence-corrected chi connectivity index (χ2v) is 8.19. The molecule has 33 heavy (non-hydrogen) atoms. The molecule has 0 saturated carbocycles. The van der Waals surface area contributed by atoms with Crippen LogP contribution in [0.4, 0.5) is 4.39 Å². The Morgan fingerprint density at radius 1 is 1.30 bits per heavy atom. The minimum atomic E-state index is -1.21. The zero-order chi connectivity index (χ0) is 23.2. The van der Waals surface area contributed by atoms with E-state index >= 15 is 4.39 Å². The summed E-state index contributed by atoms with van der Waals surface area (Å²) in [6.45, 7) is 1.93. The van der Waals surface area contributed by atoms with Crippen molar-refractivity contribution in [3.8, 4) is 17.3 Å². The third-order valence-corrected chi connectivity index (χ3v) is 6.09. The van der Waals surface area contributed by atoms with Gasteiger partial charge in [-0.1, -0.05) is 0 Å². The lowest BCUT2D eigenvalue weighted by Gasteiger charge is -2.51. The molecule has 2 aromatic heterocycles. The van der Waals surface area contributed by atoms with Gasteiger partial charge in [0.2, 0.25) is 5.91 Å². The summed E-state index contributed by atoms with van der Waals surface area (Å²) in [7, 11) is 1.54. The monoisotopic (exact) mass is 451 g/mol. The number of guanidine groups is 1. The van der Waals surface area contributed by atoms with Crippen LogP contribution >= 0.6 is 0 Å². The first-order chi connectivity index (χ1) is 15.9. The molecule has 4 heterocycles. The highest BCUT2D eigenvalue weighted by atomic mass is 19.1. The number of carbonyl (C=O) groups excluding carboxylic acids is 1. The van der Waals surface area contributed by atoms with E-state index in [4.69, 9.17) is 14.9 Å². The SMILES string of the molecule is C[C@H]1C[C@H]2C(=O)N(C)C(=N)N[C@@]2(c2cc(Oc3ccnc(-n4cncn4)c3)ccc2F)CO1. The number of amides is 1. The molecule has 1 aromatic carbocycles. The fourth-order valence-electron chi connectivity index (χ4n) is 4.34. The van der Waals surface area contributed by atoms with Crippen LogP contribution in [0.15, 0.2) is 49.2 Å². The molecule has 11 heteroatoms. The number of nitrogens with zero attached hydrogens (tertiary/aromatic N) is 5. The largest absolute Gasteiger partial charge is 0.457 e. The fraction of sp³-hybridized carbons (Fsp3) is 0.318. The van der Waals surface area contributed by atoms with Crippen LogP contribution in [0.3, 0.4) is 0 Å². The Morgan fingerprint density at radius 3 is 2.91 bits per heavy atom. The molecule has 3 aromatic rings. The summed E-state index contributed by atoms with van der Waals surface area (Å²) < 4.78 is 28.5. The highest BCUT2D eigenvalue weighted by Gasteiger charge is 2.54. The zero-order valence-corrected chi connectivity index (χ0v) is 18.0. The zero-order valence-electron chi connectivity index (χ0n) is 18.0. The summed E-state index contributed by atoms with van der Waals surface area (Å²) >= 11 is 0. The molecule has 2 aliphatic rings. The molecular formula is C22H22FN7O3. The quantitative estimate of drug-likeness (QED) is 0.624. The minimum Gasteiger partial charge on any atom is -0.457 e. The molecular weight excluding hydrogens is 429 g/mol. The Morgan fingerprint density at radius 2 is 2.12 bits per heavy atom. The van der Waals surface area contributed by atoms with Crippen molar-refractivity contribution in [1.82, 2.24) is 30.0 Å². The van der Waals surface area contributed by atoms with Crippen molar-refractivity contribution in [3.63, 3.8) is 0 Å². The van der Waals surface area contributed by atoms with Gasteiger partial charge in [-0.3, -0.25) is 15.1 Å². The van der Waals surface area contributed by atoms with Gasteiger partial charge in [-0.05, 0) is 37.6 Å². The van der Waals surface area contributed by atoms with Crippen molar-refractivity contribution in [1.29, 1.82) is 5.41 Å². The molecule has 2 N–H and O–H groups in total. The van der Waals surface area contributed by atoms with Crippen LogP contribution in [0.2, 0.25) is 0 Å². The maximum Gasteiger partial charge on any atom is 0.235 e. The van der Waals surface area contributed by atoms with E-state index in [0.29, 0.717) is 23.7 Å². The van der Waals surface area contributed by atoms with Gasteiger partial charge in [-0.25, -0.2) is 19.0 Å². The van der Waals surface area contributed by atoms with Crippen molar-refractivity contribution in [2.24, 2.45) is 5.92 Å². The van der Waals surface area contributed by atoms with Crippen LogP contribution in [-0.2, 0) is 15.1 Å². The minimum absolute atomic E-state index is 0.0485. The number of ether oxygens (including phenoxy) is 2. The second-order valence-electron chi connectivity index (χ2n) is 8.19. The molecule has 2 saturated heterocycles. The van der Waals surface area contributed by atoms with Gasteiger partial charge >= 0.3 is 0 Å². The summed E-state index contributed by atoms with van der Waals surface area (Å²) in [5.41, 5.74) is -0.991. The highest BCUT2D eigenvalue weighted by Crippen LogP contribution is 2.43. The van der Waals surface area contributed by atoms with Gasteiger partial charge < -0.3 is 14.8 Å². The molecule has 0 radical (unpaired) electrons. The van der Waals surface area contributed by atoms with Crippen LogP contribution in [0.1, 0.15) is 18.9 Å². The standard InChI is InChI=1S/C22H22FN7O3/c1-13-7-17-20(31)29(2)21(24)28-22(17,10-32-13)16-8-14(3-4-18(16)23)33-15-5-6-26-19(9-15)30-12-25-11-27-30/h3-6,8-9,11-13,17H,7,10H2,1-2H3,(H2,24,28)/t13-,17-,22+/m0/s1. The number of halogens is 1. The summed E-state index contributed by atoms with van der Waals surface area (Å²) in [5.74, 6) is -0.106. The first-order valence-electron chi connectivity index (χ1n) is 10.4. The normalized spacial score (nSPS) is 24.9. The van der Waals surface area contributed by atoms with E-state index in [2.05, 4.69) is 20.4 Å². The van der Waals surface area contributed by atoms with Gasteiger partial charge in [-0.2, -0.15) is 5.10 Å². The average Bonchev–Trinajstić information content (AvgIpc) is 3.35. The van der Waals surface area contributed by atoms with E-state index in [1.807, 2.05) is 6.92 Å². The topological polar surface area (TPSA) is 118 Å². The first kappa shape index (κ1) is 21.0. The summed E-state index contributed by atoms with van der Waals surface area (Å²) in [6.07, 6.45) is 4.73. The third kappa shape index (κ3) is 3.59. The Bertz CT molecular complexity index is 1220. The second kappa shape index (κ2) is 7.93. The Kier molecular flexibility index (Phi) is 5.05. The highest BCUT2D eigenvalue weighted by molar-refractivity contribution is 6.00. The Labute approximate surface area is 188 Å². The number of nitrogens with one attached hydrogen (secondary N) is 2. The number of pyridine rings is 1. The van der Waals surface area contributed by atoms with E-state index in [0.717, 1.165) is 0 Å². The van der Waals surface area contributed by atoms with E-state index in [-0.39, 0.29) is 30.1 Å². The molecule has 10 nitrogen and oxygen atoms in total. The van der Waals surface area contributed by atoms with Gasteiger partial charge in [0.1, 0.15) is 35.5 Å². The van der Waals surface area contributed by atoms with Gasteiger partial charge in [0, 0.05) is 24.9 Å². The molecule has 2 fully saturated rings. The molecule has 2 aliphatic heterocycles. The smallest absolute Gasteiger partial charge is 0.235 e. The molecule has 1 amide bonds. The third-order valence-electron chi connectivity index (χ3n) is 6.09. The van der Waals surface area contributed by atoms with Gasteiger partial charge in [0.25, 0.3) is 0 Å². The Balaban J connectivity index is 1.52. The number of carbonyl (C=O) groups is 1. The summed E-state index contributed by atoms with van der Waals surface area (Å²) in [6, 6.07) is 7.70. The number of hydrogen-bond acceptors (Lipinski definition) is 7. The molecule has 3 atom stereocenters. The number of rotatable bonds is 4. The fourth-order valence-corrected chi connectivity index (χ4v) is 4.34. The summed E-state index contributed by atoms with van der Waals surface area (Å²) in [4.78, 5) is 22.4. The van der Waals surface area contributed by atoms with Crippen molar-refractivity contribution in [3.05, 3.63) is 60.6 Å². The lowest BCUT2D eigenvalue weighted by Crippen LogP contribution is -2.69. The predicted octanol–water partition coefficient (Wildman–Crippen LogP) is 2.21. The number of hydrogen-bond donors (Lipinski definition) is 2. The van der Waals surface area contributed by atoms with Crippen molar-refractivity contribution >= 4 is 11.9 Å². The van der Waals surface area contributed by atoms with Gasteiger partial charge in [0.05, 0.1) is 18.6 Å². The van der Waals surface area contributed by atoms with Crippen LogP contribution in [0.5, 0.6) is 11.5 Å². The number of aromatic nitrogens is 4. The van der Waals surface area contributed by atoms with Crippen LogP contribution in [0.25, 0.3) is 5.82 Å². The van der Waals surface area contributed by atoms with E-state index < -0.39 is 17.3 Å².